The van der Waals surface area contributed by atoms with Crippen LogP contribution in [-0.2, 0) is 0 Å². The topological polar surface area (TPSA) is 48.4 Å². The molecule has 104 valence electrons. The van der Waals surface area contributed by atoms with Crippen LogP contribution < -0.4 is 9.47 Å². The van der Waals surface area contributed by atoms with E-state index in [0.717, 1.165) is 6.07 Å². The van der Waals surface area contributed by atoms with Gasteiger partial charge in [-0.05, 0) is 41.1 Å². The van der Waals surface area contributed by atoms with Crippen LogP contribution in [0, 0.1) is 5.82 Å². The molecule has 2 aromatic rings. The molecule has 1 heterocycles. The highest BCUT2D eigenvalue weighted by Crippen LogP contribution is 2.20. The standard InChI is InChI=1S/C14H11BrFNO3/c1-2-19-10-3-4-12(13(16)6-10)14(18)20-11-5-9(15)7-17-8-11/h3-8H,2H2,1H3. The van der Waals surface area contributed by atoms with E-state index in [0.29, 0.717) is 16.8 Å². The van der Waals surface area contributed by atoms with E-state index < -0.39 is 11.8 Å². The highest BCUT2D eigenvalue weighted by Gasteiger charge is 2.15. The van der Waals surface area contributed by atoms with Gasteiger partial charge in [0.1, 0.15) is 11.6 Å². The van der Waals surface area contributed by atoms with E-state index in [2.05, 4.69) is 20.9 Å². The molecule has 0 fully saturated rings. The quantitative estimate of drug-likeness (QED) is 0.798. The summed E-state index contributed by atoms with van der Waals surface area (Å²) in [6, 6.07) is 5.56. The zero-order chi connectivity index (χ0) is 14.5. The molecule has 0 aliphatic heterocycles. The third-order valence-electron chi connectivity index (χ3n) is 2.36. The Bertz CT molecular complexity index is 634. The number of hydrogen-bond acceptors (Lipinski definition) is 4. The highest BCUT2D eigenvalue weighted by atomic mass is 79.9. The van der Waals surface area contributed by atoms with E-state index in [1.807, 2.05) is 0 Å². The summed E-state index contributed by atoms with van der Waals surface area (Å²) in [5, 5.41) is 0. The number of pyridine rings is 1. The summed E-state index contributed by atoms with van der Waals surface area (Å²) in [5.41, 5.74) is -0.159. The molecule has 0 saturated carbocycles. The smallest absolute Gasteiger partial charge is 0.346 e. The molecule has 0 unspecified atom stereocenters. The van der Waals surface area contributed by atoms with Crippen LogP contribution in [0.25, 0.3) is 0 Å². The average Bonchev–Trinajstić information content (AvgIpc) is 2.39. The maximum Gasteiger partial charge on any atom is 0.346 e. The molecule has 0 spiro atoms. The van der Waals surface area contributed by atoms with E-state index in [1.165, 1.54) is 18.3 Å². The third-order valence-corrected chi connectivity index (χ3v) is 2.80. The van der Waals surface area contributed by atoms with Gasteiger partial charge in [-0.1, -0.05) is 0 Å². The molecular weight excluding hydrogens is 329 g/mol. The lowest BCUT2D eigenvalue weighted by molar-refractivity contribution is 0.0729. The van der Waals surface area contributed by atoms with E-state index in [1.54, 1.807) is 19.2 Å². The Hall–Kier alpha value is -1.95. The van der Waals surface area contributed by atoms with E-state index in [4.69, 9.17) is 9.47 Å². The molecule has 2 rings (SSSR count). The number of aromatic nitrogens is 1. The molecule has 0 amide bonds. The third kappa shape index (κ3) is 3.54. The number of hydrogen-bond donors (Lipinski definition) is 0. The molecule has 0 atom stereocenters. The molecule has 1 aromatic heterocycles. The van der Waals surface area contributed by atoms with Gasteiger partial charge in [0.25, 0.3) is 0 Å². The van der Waals surface area contributed by atoms with Crippen LogP contribution in [0.2, 0.25) is 0 Å². The van der Waals surface area contributed by atoms with Crippen LogP contribution in [0.5, 0.6) is 11.5 Å². The van der Waals surface area contributed by atoms with Gasteiger partial charge in [-0.2, -0.15) is 0 Å². The van der Waals surface area contributed by atoms with Gasteiger partial charge in [0.2, 0.25) is 0 Å². The molecule has 0 radical (unpaired) electrons. The maximum atomic E-state index is 13.8. The number of esters is 1. The first kappa shape index (κ1) is 14.5. The van der Waals surface area contributed by atoms with Crippen LogP contribution >= 0.6 is 15.9 Å². The minimum Gasteiger partial charge on any atom is -0.494 e. The highest BCUT2D eigenvalue weighted by molar-refractivity contribution is 9.10. The lowest BCUT2D eigenvalue weighted by atomic mass is 10.2. The summed E-state index contributed by atoms with van der Waals surface area (Å²) in [5.74, 6) is -0.877. The zero-order valence-electron chi connectivity index (χ0n) is 10.6. The number of halogens is 2. The van der Waals surface area contributed by atoms with Gasteiger partial charge >= 0.3 is 5.97 Å². The van der Waals surface area contributed by atoms with Crippen molar-refractivity contribution in [2.75, 3.05) is 6.61 Å². The van der Waals surface area contributed by atoms with Crippen LogP contribution in [-0.4, -0.2) is 17.6 Å². The Balaban J connectivity index is 2.17. The summed E-state index contributed by atoms with van der Waals surface area (Å²) in [6.07, 6.45) is 2.92. The van der Waals surface area contributed by atoms with Gasteiger partial charge in [0, 0.05) is 16.7 Å². The molecular formula is C14H11BrFNO3. The lowest BCUT2D eigenvalue weighted by Crippen LogP contribution is -2.11. The molecule has 0 saturated heterocycles. The second kappa shape index (κ2) is 6.47. The Morgan fingerprint density at radius 2 is 2.10 bits per heavy atom. The van der Waals surface area contributed by atoms with Gasteiger partial charge < -0.3 is 9.47 Å². The maximum absolute atomic E-state index is 13.8. The molecule has 4 nitrogen and oxygen atoms in total. The first-order chi connectivity index (χ1) is 9.60. The predicted octanol–water partition coefficient (Wildman–Crippen LogP) is 3.60. The van der Waals surface area contributed by atoms with Crippen molar-refractivity contribution in [1.29, 1.82) is 0 Å². The van der Waals surface area contributed by atoms with Crippen molar-refractivity contribution in [3.05, 3.63) is 52.5 Å². The van der Waals surface area contributed by atoms with Gasteiger partial charge in [-0.15, -0.1) is 0 Å². The SMILES string of the molecule is CCOc1ccc(C(=O)Oc2cncc(Br)c2)c(F)c1. The average molecular weight is 340 g/mol. The first-order valence-electron chi connectivity index (χ1n) is 5.85. The number of carbonyl (C=O) groups excluding carboxylic acids is 1. The minimum atomic E-state index is -0.787. The van der Waals surface area contributed by atoms with Gasteiger partial charge in [-0.25, -0.2) is 9.18 Å². The number of nitrogens with zero attached hydrogens (tertiary/aromatic N) is 1. The zero-order valence-corrected chi connectivity index (χ0v) is 12.2. The Morgan fingerprint density at radius 1 is 1.30 bits per heavy atom. The number of benzene rings is 1. The fourth-order valence-corrected chi connectivity index (χ4v) is 1.87. The summed E-state index contributed by atoms with van der Waals surface area (Å²) >= 11 is 3.21. The summed E-state index contributed by atoms with van der Waals surface area (Å²) in [6.45, 7) is 2.22. The second-order valence-electron chi connectivity index (χ2n) is 3.80. The summed E-state index contributed by atoms with van der Waals surface area (Å²) in [4.78, 5) is 15.7. The summed E-state index contributed by atoms with van der Waals surface area (Å²) in [7, 11) is 0. The van der Waals surface area contributed by atoms with E-state index in [9.17, 15) is 9.18 Å². The molecule has 6 heteroatoms. The van der Waals surface area contributed by atoms with Gasteiger partial charge in [0.05, 0.1) is 18.4 Å². The Kier molecular flexibility index (Phi) is 4.68. The van der Waals surface area contributed by atoms with E-state index in [-0.39, 0.29) is 11.3 Å². The molecule has 0 N–H and O–H groups in total. The molecule has 0 bridgehead atoms. The van der Waals surface area contributed by atoms with Crippen molar-refractivity contribution in [3.8, 4) is 11.5 Å². The lowest BCUT2D eigenvalue weighted by Gasteiger charge is -2.07. The summed E-state index contributed by atoms with van der Waals surface area (Å²) < 4.78 is 24.7. The normalized spacial score (nSPS) is 10.2. The number of rotatable bonds is 4. The van der Waals surface area contributed by atoms with Crippen molar-refractivity contribution >= 4 is 21.9 Å². The van der Waals surface area contributed by atoms with Crippen LogP contribution in [0.4, 0.5) is 4.39 Å². The van der Waals surface area contributed by atoms with Gasteiger partial charge in [-0.3, -0.25) is 4.98 Å². The van der Waals surface area contributed by atoms with Crippen LogP contribution in [0.1, 0.15) is 17.3 Å². The van der Waals surface area contributed by atoms with Crippen molar-refractivity contribution in [2.45, 2.75) is 6.92 Å². The fraction of sp³-hybridized carbons (Fsp3) is 0.143. The van der Waals surface area contributed by atoms with Crippen LogP contribution in [0.15, 0.2) is 41.1 Å². The second-order valence-corrected chi connectivity index (χ2v) is 4.72. The first-order valence-corrected chi connectivity index (χ1v) is 6.64. The number of ether oxygens (including phenoxy) is 2. The molecule has 20 heavy (non-hydrogen) atoms. The van der Waals surface area contributed by atoms with Gasteiger partial charge in [0.15, 0.2) is 5.75 Å². The van der Waals surface area contributed by atoms with Crippen LogP contribution in [0.3, 0.4) is 0 Å². The number of carbonyl (C=O) groups is 1. The van der Waals surface area contributed by atoms with Crippen molar-refractivity contribution in [3.63, 3.8) is 0 Å². The minimum absolute atomic E-state index is 0.159. The fourth-order valence-electron chi connectivity index (χ4n) is 1.53. The molecule has 0 aliphatic carbocycles. The van der Waals surface area contributed by atoms with Crippen molar-refractivity contribution < 1.29 is 18.7 Å². The Morgan fingerprint density at radius 3 is 2.75 bits per heavy atom. The molecule has 0 aliphatic rings. The monoisotopic (exact) mass is 339 g/mol. The van der Waals surface area contributed by atoms with E-state index >= 15 is 0 Å². The predicted molar refractivity (Wildman–Crippen MR) is 74.5 cm³/mol. The Labute approximate surface area is 123 Å². The van der Waals surface area contributed by atoms with Crippen molar-refractivity contribution in [1.82, 2.24) is 4.98 Å². The molecule has 1 aromatic carbocycles. The largest absolute Gasteiger partial charge is 0.494 e. The van der Waals surface area contributed by atoms with Crippen molar-refractivity contribution in [2.24, 2.45) is 0 Å².